The van der Waals surface area contributed by atoms with E-state index in [9.17, 15) is 15.3 Å². The summed E-state index contributed by atoms with van der Waals surface area (Å²) >= 11 is 0. The Bertz CT molecular complexity index is 191. The highest BCUT2D eigenvalue weighted by atomic mass is 16.6. The number of ether oxygens (including phenoxy) is 1. The van der Waals surface area contributed by atoms with Crippen molar-refractivity contribution in [2.45, 2.75) is 44.0 Å². The summed E-state index contributed by atoms with van der Waals surface area (Å²) in [5.41, 5.74) is 0. The molecule has 5 N–H and O–H groups in total. The molecule has 15 heavy (non-hydrogen) atoms. The molecule has 1 rings (SSSR count). The van der Waals surface area contributed by atoms with E-state index < -0.39 is 37.3 Å². The summed E-state index contributed by atoms with van der Waals surface area (Å²) in [7, 11) is 0. The maximum atomic E-state index is 9.67. The van der Waals surface area contributed by atoms with Crippen LogP contribution in [0.15, 0.2) is 0 Å². The largest absolute Gasteiger partial charge is 0.394 e. The SMILES string of the molecule is CCCN[C@H]1[C@H](O)[C@@H](O)[C@H](CO)O[C@H]1O. The number of hydrogen-bond acceptors (Lipinski definition) is 6. The van der Waals surface area contributed by atoms with E-state index in [0.29, 0.717) is 6.54 Å². The van der Waals surface area contributed by atoms with Crippen molar-refractivity contribution in [2.75, 3.05) is 13.2 Å². The first-order valence-corrected chi connectivity index (χ1v) is 5.15. The number of aliphatic hydroxyl groups is 4. The maximum Gasteiger partial charge on any atom is 0.173 e. The first kappa shape index (κ1) is 12.8. The first-order chi connectivity index (χ1) is 7.11. The van der Waals surface area contributed by atoms with E-state index in [4.69, 9.17) is 9.84 Å². The van der Waals surface area contributed by atoms with Crippen molar-refractivity contribution < 1.29 is 25.2 Å². The van der Waals surface area contributed by atoms with Crippen LogP contribution >= 0.6 is 0 Å². The van der Waals surface area contributed by atoms with Crippen molar-refractivity contribution >= 4 is 0 Å². The van der Waals surface area contributed by atoms with Gasteiger partial charge >= 0.3 is 0 Å². The zero-order valence-electron chi connectivity index (χ0n) is 8.71. The quantitative estimate of drug-likeness (QED) is 0.369. The van der Waals surface area contributed by atoms with Gasteiger partial charge in [-0.1, -0.05) is 6.92 Å². The number of hydrogen-bond donors (Lipinski definition) is 5. The zero-order chi connectivity index (χ0) is 11.4. The highest BCUT2D eigenvalue weighted by Gasteiger charge is 2.43. The summed E-state index contributed by atoms with van der Waals surface area (Å²) in [6.07, 6.45) is -3.64. The highest BCUT2D eigenvalue weighted by molar-refractivity contribution is 4.92. The fourth-order valence-corrected chi connectivity index (χ4v) is 1.63. The van der Waals surface area contributed by atoms with Crippen LogP contribution in [0.4, 0.5) is 0 Å². The molecule has 1 fully saturated rings. The predicted molar refractivity (Wildman–Crippen MR) is 52.1 cm³/mol. The monoisotopic (exact) mass is 221 g/mol. The first-order valence-electron chi connectivity index (χ1n) is 5.15. The molecule has 0 saturated carbocycles. The van der Waals surface area contributed by atoms with Gasteiger partial charge in [-0.2, -0.15) is 0 Å². The van der Waals surface area contributed by atoms with Gasteiger partial charge in [0.25, 0.3) is 0 Å². The van der Waals surface area contributed by atoms with E-state index in [2.05, 4.69) is 5.32 Å². The molecule has 0 aliphatic carbocycles. The third-order valence-corrected chi connectivity index (χ3v) is 2.53. The van der Waals surface area contributed by atoms with E-state index in [-0.39, 0.29) is 0 Å². The normalized spacial score (nSPS) is 41.8. The topological polar surface area (TPSA) is 102 Å². The Labute approximate surface area is 88.5 Å². The standard InChI is InChI=1S/C9H19NO5/c1-2-3-10-6-8(13)7(12)5(4-11)15-9(6)14/h5-14H,2-4H2,1H3/t5-,6-,7-,8-,9+/m0/s1. The van der Waals surface area contributed by atoms with Gasteiger partial charge in [0.1, 0.15) is 18.3 Å². The lowest BCUT2D eigenvalue weighted by molar-refractivity contribution is -0.254. The lowest BCUT2D eigenvalue weighted by Gasteiger charge is -2.40. The minimum atomic E-state index is -1.22. The molecular formula is C9H19NO5. The van der Waals surface area contributed by atoms with Crippen molar-refractivity contribution in [1.29, 1.82) is 0 Å². The van der Waals surface area contributed by atoms with E-state index in [0.717, 1.165) is 6.42 Å². The van der Waals surface area contributed by atoms with Crippen molar-refractivity contribution in [3.63, 3.8) is 0 Å². The molecule has 5 atom stereocenters. The smallest absolute Gasteiger partial charge is 0.173 e. The second kappa shape index (κ2) is 5.74. The second-order valence-electron chi connectivity index (χ2n) is 3.71. The molecule has 1 saturated heterocycles. The third-order valence-electron chi connectivity index (χ3n) is 2.53. The Kier molecular flexibility index (Phi) is 4.91. The summed E-state index contributed by atoms with van der Waals surface area (Å²) in [6.45, 7) is 2.12. The van der Waals surface area contributed by atoms with Gasteiger partial charge in [-0.3, -0.25) is 0 Å². The molecule has 0 bridgehead atoms. The predicted octanol–water partition coefficient (Wildman–Crippen LogP) is -2.21. The van der Waals surface area contributed by atoms with Crippen molar-refractivity contribution in [1.82, 2.24) is 5.32 Å². The molecule has 0 aromatic heterocycles. The molecule has 90 valence electrons. The molecule has 1 heterocycles. The Morgan fingerprint density at radius 2 is 1.87 bits per heavy atom. The fourth-order valence-electron chi connectivity index (χ4n) is 1.63. The molecule has 0 aromatic rings. The minimum Gasteiger partial charge on any atom is -0.394 e. The van der Waals surface area contributed by atoms with E-state index in [1.165, 1.54) is 0 Å². The second-order valence-corrected chi connectivity index (χ2v) is 3.71. The average molecular weight is 221 g/mol. The van der Waals surface area contributed by atoms with Crippen LogP contribution < -0.4 is 5.32 Å². The number of aliphatic hydroxyl groups excluding tert-OH is 4. The molecule has 0 radical (unpaired) electrons. The summed E-state index contributed by atoms with van der Waals surface area (Å²) in [5, 5.41) is 40.4. The van der Waals surface area contributed by atoms with Crippen molar-refractivity contribution in [2.24, 2.45) is 0 Å². The molecule has 0 unspecified atom stereocenters. The van der Waals surface area contributed by atoms with Crippen LogP contribution in [0.1, 0.15) is 13.3 Å². The molecule has 6 nitrogen and oxygen atoms in total. The molecule has 0 amide bonds. The van der Waals surface area contributed by atoms with Gasteiger partial charge in [0.15, 0.2) is 6.29 Å². The van der Waals surface area contributed by atoms with Gasteiger partial charge in [-0.15, -0.1) is 0 Å². The maximum absolute atomic E-state index is 9.67. The molecule has 0 aromatic carbocycles. The van der Waals surface area contributed by atoms with Crippen LogP contribution in [-0.2, 0) is 4.74 Å². The van der Waals surface area contributed by atoms with E-state index >= 15 is 0 Å². The van der Waals surface area contributed by atoms with Gasteiger partial charge in [-0.25, -0.2) is 0 Å². The van der Waals surface area contributed by atoms with Crippen LogP contribution in [0, 0.1) is 0 Å². The van der Waals surface area contributed by atoms with Crippen molar-refractivity contribution in [3.8, 4) is 0 Å². The molecule has 1 aliphatic rings. The third kappa shape index (κ3) is 2.87. The minimum absolute atomic E-state index is 0.435. The Hall–Kier alpha value is -0.240. The van der Waals surface area contributed by atoms with Crippen LogP contribution in [0.2, 0.25) is 0 Å². The average Bonchev–Trinajstić information content (AvgIpc) is 2.23. The van der Waals surface area contributed by atoms with Gasteiger partial charge in [0, 0.05) is 0 Å². The lowest BCUT2D eigenvalue weighted by atomic mass is 9.97. The van der Waals surface area contributed by atoms with Crippen molar-refractivity contribution in [3.05, 3.63) is 0 Å². The lowest BCUT2D eigenvalue weighted by Crippen LogP contribution is -2.63. The fraction of sp³-hybridized carbons (Fsp3) is 1.00. The van der Waals surface area contributed by atoms with Crippen LogP contribution in [0.25, 0.3) is 0 Å². The van der Waals surface area contributed by atoms with Crippen LogP contribution in [0.5, 0.6) is 0 Å². The molecule has 0 spiro atoms. The van der Waals surface area contributed by atoms with Crippen LogP contribution in [-0.4, -0.2) is 64.2 Å². The summed E-state index contributed by atoms with van der Waals surface area (Å²) < 4.78 is 4.96. The van der Waals surface area contributed by atoms with Gasteiger partial charge in [0.05, 0.1) is 12.6 Å². The Morgan fingerprint density at radius 3 is 2.40 bits per heavy atom. The molecule has 6 heteroatoms. The van der Waals surface area contributed by atoms with E-state index in [1.54, 1.807) is 0 Å². The molecular weight excluding hydrogens is 202 g/mol. The van der Waals surface area contributed by atoms with E-state index in [1.807, 2.05) is 6.92 Å². The van der Waals surface area contributed by atoms with Gasteiger partial charge in [-0.05, 0) is 13.0 Å². The molecule has 1 aliphatic heterocycles. The zero-order valence-corrected chi connectivity index (χ0v) is 8.71. The van der Waals surface area contributed by atoms with Crippen LogP contribution in [0.3, 0.4) is 0 Å². The summed E-state index contributed by atoms with van der Waals surface area (Å²) in [5.74, 6) is 0. The summed E-state index contributed by atoms with van der Waals surface area (Å²) in [4.78, 5) is 0. The number of rotatable bonds is 4. The number of nitrogens with one attached hydrogen (secondary N) is 1. The van der Waals surface area contributed by atoms with Gasteiger partial charge in [0.2, 0.25) is 0 Å². The summed E-state index contributed by atoms with van der Waals surface area (Å²) in [6, 6.07) is -0.720. The Balaban J connectivity index is 2.58. The highest BCUT2D eigenvalue weighted by Crippen LogP contribution is 2.19. The van der Waals surface area contributed by atoms with Gasteiger partial charge < -0.3 is 30.5 Å². The Morgan fingerprint density at radius 1 is 1.20 bits per heavy atom.